The molecule has 0 aliphatic heterocycles. The van der Waals surface area contributed by atoms with Gasteiger partial charge < -0.3 is 9.84 Å². The Labute approximate surface area is 116 Å². The summed E-state index contributed by atoms with van der Waals surface area (Å²) in [6, 6.07) is 3.83. The fourth-order valence-corrected chi connectivity index (χ4v) is 2.56. The molecule has 0 aromatic carbocycles. The third-order valence-electron chi connectivity index (χ3n) is 3.75. The summed E-state index contributed by atoms with van der Waals surface area (Å²) >= 11 is 0. The molecule has 0 bridgehead atoms. The molecular weight excluding hydrogens is 238 g/mol. The molecule has 1 aromatic rings. The maximum Gasteiger partial charge on any atom is 0.214 e. The predicted molar refractivity (Wildman–Crippen MR) is 76.4 cm³/mol. The number of pyridine rings is 1. The van der Waals surface area contributed by atoms with Gasteiger partial charge in [0.15, 0.2) is 0 Å². The molecule has 2 rings (SSSR count). The van der Waals surface area contributed by atoms with Crippen LogP contribution >= 0.6 is 0 Å². The zero-order chi connectivity index (χ0) is 13.7. The van der Waals surface area contributed by atoms with E-state index in [0.29, 0.717) is 17.9 Å². The van der Waals surface area contributed by atoms with Crippen molar-refractivity contribution in [3.8, 4) is 5.88 Å². The highest BCUT2D eigenvalue weighted by Crippen LogP contribution is 2.24. The molecule has 0 amide bonds. The number of aliphatic hydroxyl groups is 1. The fourth-order valence-electron chi connectivity index (χ4n) is 2.56. The van der Waals surface area contributed by atoms with Crippen molar-refractivity contribution in [1.82, 2.24) is 4.98 Å². The highest BCUT2D eigenvalue weighted by atomic mass is 16.5. The molecule has 0 radical (unpaired) electrons. The average molecular weight is 263 g/mol. The van der Waals surface area contributed by atoms with Gasteiger partial charge in [0.05, 0.1) is 6.61 Å². The van der Waals surface area contributed by atoms with Crippen LogP contribution in [-0.2, 0) is 6.61 Å². The molecule has 0 spiro atoms. The highest BCUT2D eigenvalue weighted by Gasteiger charge is 2.15. The van der Waals surface area contributed by atoms with Crippen molar-refractivity contribution in [2.75, 3.05) is 0 Å². The molecular formula is C16H25NO2. The second-order valence-electron chi connectivity index (χ2n) is 5.78. The summed E-state index contributed by atoms with van der Waals surface area (Å²) in [5.74, 6) is 1.03. The Kier molecular flexibility index (Phi) is 5.20. The topological polar surface area (TPSA) is 42.4 Å². The van der Waals surface area contributed by atoms with Crippen LogP contribution in [0.3, 0.4) is 0 Å². The van der Waals surface area contributed by atoms with Crippen LogP contribution in [0.5, 0.6) is 5.88 Å². The summed E-state index contributed by atoms with van der Waals surface area (Å²) in [6.07, 6.45) is 7.69. The minimum Gasteiger partial charge on any atom is -0.474 e. The molecule has 106 valence electrons. The van der Waals surface area contributed by atoms with Gasteiger partial charge in [-0.15, -0.1) is 0 Å². The number of nitrogens with zero attached hydrogens (tertiary/aromatic N) is 1. The molecule has 1 N–H and O–H groups in total. The van der Waals surface area contributed by atoms with Gasteiger partial charge in [-0.3, -0.25) is 0 Å². The van der Waals surface area contributed by atoms with Gasteiger partial charge in [-0.2, -0.15) is 0 Å². The predicted octanol–water partition coefficient (Wildman–Crippen LogP) is 3.80. The molecule has 1 heterocycles. The summed E-state index contributed by atoms with van der Waals surface area (Å²) in [5, 5.41) is 9.34. The number of hydrogen-bond donors (Lipinski definition) is 1. The normalized spacial score (nSPS) is 17.5. The fraction of sp³-hybridized carbons (Fsp3) is 0.688. The maximum atomic E-state index is 9.34. The number of rotatable bonds is 4. The van der Waals surface area contributed by atoms with Gasteiger partial charge in [0, 0.05) is 11.8 Å². The summed E-state index contributed by atoms with van der Waals surface area (Å²) < 4.78 is 6.05. The zero-order valence-electron chi connectivity index (χ0n) is 12.1. The third kappa shape index (κ3) is 4.20. The van der Waals surface area contributed by atoms with Crippen LogP contribution in [0.25, 0.3) is 0 Å². The second kappa shape index (κ2) is 6.90. The minimum absolute atomic E-state index is 0.0449. The molecule has 0 atom stereocenters. The first-order valence-electron chi connectivity index (χ1n) is 7.47. The minimum atomic E-state index is 0.0449. The van der Waals surface area contributed by atoms with Gasteiger partial charge in [-0.25, -0.2) is 4.98 Å². The largest absolute Gasteiger partial charge is 0.474 e. The smallest absolute Gasteiger partial charge is 0.214 e. The Balaban J connectivity index is 2.11. The van der Waals surface area contributed by atoms with Crippen molar-refractivity contribution in [2.45, 2.75) is 71.0 Å². The Morgan fingerprint density at radius 2 is 1.89 bits per heavy atom. The van der Waals surface area contributed by atoms with Gasteiger partial charge in [0.1, 0.15) is 6.10 Å². The molecule has 19 heavy (non-hydrogen) atoms. The quantitative estimate of drug-likeness (QED) is 0.840. The van der Waals surface area contributed by atoms with E-state index in [1.165, 1.54) is 25.7 Å². The molecule has 0 saturated heterocycles. The summed E-state index contributed by atoms with van der Waals surface area (Å²) in [4.78, 5) is 4.57. The van der Waals surface area contributed by atoms with Crippen LogP contribution in [0.4, 0.5) is 0 Å². The van der Waals surface area contributed by atoms with Gasteiger partial charge >= 0.3 is 0 Å². The van der Waals surface area contributed by atoms with E-state index in [1.807, 2.05) is 12.1 Å². The van der Waals surface area contributed by atoms with Crippen molar-refractivity contribution >= 4 is 0 Å². The van der Waals surface area contributed by atoms with Crippen molar-refractivity contribution in [3.63, 3.8) is 0 Å². The standard InChI is InChI=1S/C16H25NO2/c1-12(2)15-9-13(11-18)10-16(17-15)19-14-7-5-3-4-6-8-14/h9-10,12,14,18H,3-8,11H2,1-2H3. The number of hydrogen-bond acceptors (Lipinski definition) is 3. The average Bonchev–Trinajstić information content (AvgIpc) is 2.67. The lowest BCUT2D eigenvalue weighted by Crippen LogP contribution is -2.16. The lowest BCUT2D eigenvalue weighted by Gasteiger charge is -2.18. The van der Waals surface area contributed by atoms with Crippen LogP contribution in [-0.4, -0.2) is 16.2 Å². The summed E-state index contributed by atoms with van der Waals surface area (Å²) in [6.45, 7) is 4.26. The highest BCUT2D eigenvalue weighted by molar-refractivity contribution is 5.26. The Morgan fingerprint density at radius 1 is 1.21 bits per heavy atom. The van der Waals surface area contributed by atoms with Gasteiger partial charge in [-0.1, -0.05) is 26.7 Å². The Bertz CT molecular complexity index is 396. The Morgan fingerprint density at radius 3 is 2.47 bits per heavy atom. The van der Waals surface area contributed by atoms with Crippen LogP contribution in [0, 0.1) is 0 Å². The van der Waals surface area contributed by atoms with E-state index in [1.54, 1.807) is 0 Å². The number of aliphatic hydroxyl groups excluding tert-OH is 1. The van der Waals surface area contributed by atoms with E-state index in [0.717, 1.165) is 24.1 Å². The van der Waals surface area contributed by atoms with E-state index >= 15 is 0 Å². The van der Waals surface area contributed by atoms with Crippen LogP contribution < -0.4 is 4.74 Å². The second-order valence-corrected chi connectivity index (χ2v) is 5.78. The summed E-state index contributed by atoms with van der Waals surface area (Å²) in [5.41, 5.74) is 1.89. The molecule has 3 nitrogen and oxygen atoms in total. The van der Waals surface area contributed by atoms with Crippen LogP contribution in [0.15, 0.2) is 12.1 Å². The van der Waals surface area contributed by atoms with E-state index in [9.17, 15) is 5.11 Å². The van der Waals surface area contributed by atoms with E-state index in [4.69, 9.17) is 4.74 Å². The lowest BCUT2D eigenvalue weighted by atomic mass is 10.1. The molecule has 1 aliphatic carbocycles. The van der Waals surface area contributed by atoms with Crippen molar-refractivity contribution in [1.29, 1.82) is 0 Å². The first-order valence-corrected chi connectivity index (χ1v) is 7.47. The SMILES string of the molecule is CC(C)c1cc(CO)cc(OC2CCCCCC2)n1. The first kappa shape index (κ1) is 14.3. The van der Waals surface area contributed by atoms with E-state index in [2.05, 4.69) is 18.8 Å². The van der Waals surface area contributed by atoms with Gasteiger partial charge in [0.2, 0.25) is 5.88 Å². The van der Waals surface area contributed by atoms with E-state index < -0.39 is 0 Å². The summed E-state index contributed by atoms with van der Waals surface area (Å²) in [7, 11) is 0. The molecule has 1 aromatic heterocycles. The van der Waals surface area contributed by atoms with E-state index in [-0.39, 0.29) is 6.61 Å². The molecule has 0 unspecified atom stereocenters. The molecule has 1 fully saturated rings. The molecule has 3 heteroatoms. The monoisotopic (exact) mass is 263 g/mol. The number of aromatic nitrogens is 1. The van der Waals surface area contributed by atoms with Crippen molar-refractivity contribution in [3.05, 3.63) is 23.4 Å². The molecule has 1 saturated carbocycles. The lowest BCUT2D eigenvalue weighted by molar-refractivity contribution is 0.175. The zero-order valence-corrected chi connectivity index (χ0v) is 12.1. The Hall–Kier alpha value is -1.09. The third-order valence-corrected chi connectivity index (χ3v) is 3.75. The van der Waals surface area contributed by atoms with Crippen LogP contribution in [0.1, 0.15) is 69.5 Å². The number of ether oxygens (including phenoxy) is 1. The van der Waals surface area contributed by atoms with Crippen molar-refractivity contribution < 1.29 is 9.84 Å². The maximum absolute atomic E-state index is 9.34. The van der Waals surface area contributed by atoms with Crippen molar-refractivity contribution in [2.24, 2.45) is 0 Å². The van der Waals surface area contributed by atoms with Gasteiger partial charge in [-0.05, 0) is 43.2 Å². The van der Waals surface area contributed by atoms with Gasteiger partial charge in [0.25, 0.3) is 0 Å². The first-order chi connectivity index (χ1) is 9.19. The molecule has 1 aliphatic rings. The van der Waals surface area contributed by atoms with Crippen LogP contribution in [0.2, 0.25) is 0 Å².